The summed E-state index contributed by atoms with van der Waals surface area (Å²) in [6.45, 7) is 0. The molecule has 3 aromatic heterocycles. The van der Waals surface area contributed by atoms with Crippen LogP contribution in [-0.4, -0.2) is 35.7 Å². The molecule has 2 N–H and O–H groups in total. The van der Waals surface area contributed by atoms with E-state index >= 15 is 0 Å². The number of nitrogens with zero attached hydrogens (tertiary/aromatic N) is 5. The summed E-state index contributed by atoms with van der Waals surface area (Å²) in [7, 11) is 1.90. The average Bonchev–Trinajstić information content (AvgIpc) is 3.09. The number of carbonyl (C=O) groups is 1. The number of amides is 1. The summed E-state index contributed by atoms with van der Waals surface area (Å²) < 4.78 is 3.64. The maximum absolute atomic E-state index is 12.9. The third-order valence-corrected chi connectivity index (χ3v) is 6.45. The molecule has 0 aliphatic heterocycles. The van der Waals surface area contributed by atoms with Crippen LogP contribution in [0.25, 0.3) is 0 Å². The lowest BCUT2D eigenvalue weighted by atomic mass is 9.96. The van der Waals surface area contributed by atoms with Gasteiger partial charge in [0.15, 0.2) is 5.69 Å². The molecular formula is C23H23N7O. The van der Waals surface area contributed by atoms with Crippen LogP contribution in [0.2, 0.25) is 0 Å². The van der Waals surface area contributed by atoms with Crippen molar-refractivity contribution < 1.29 is 4.79 Å². The number of nitrogens with one attached hydrogen (secondary N) is 2. The fourth-order valence-corrected chi connectivity index (χ4v) is 4.76. The maximum Gasteiger partial charge on any atom is 0.276 e. The van der Waals surface area contributed by atoms with E-state index < -0.39 is 0 Å². The number of hydrogen-bond donors (Lipinski definition) is 2. The first-order valence-corrected chi connectivity index (χ1v) is 10.6. The Morgan fingerprint density at radius 2 is 1.94 bits per heavy atom. The first-order chi connectivity index (χ1) is 15.2. The Morgan fingerprint density at radius 1 is 1.10 bits per heavy atom. The maximum atomic E-state index is 12.9. The lowest BCUT2D eigenvalue weighted by Gasteiger charge is -2.16. The first-order valence-electron chi connectivity index (χ1n) is 10.6. The highest BCUT2D eigenvalue weighted by Gasteiger charge is 2.43. The van der Waals surface area contributed by atoms with Crippen LogP contribution in [0.5, 0.6) is 0 Å². The number of hydrogen-bond acceptors (Lipinski definition) is 4. The Balaban J connectivity index is 1.27. The van der Waals surface area contributed by atoms with Gasteiger partial charge in [-0.05, 0) is 36.7 Å². The van der Waals surface area contributed by atoms with Gasteiger partial charge in [0.25, 0.3) is 5.91 Å². The molecular weight excluding hydrogens is 390 g/mol. The van der Waals surface area contributed by atoms with Crippen molar-refractivity contribution in [2.45, 2.75) is 25.3 Å². The Labute approximate surface area is 179 Å². The predicted molar refractivity (Wildman–Crippen MR) is 115 cm³/mol. The number of fused-ring (bicyclic) bond motifs is 2. The summed E-state index contributed by atoms with van der Waals surface area (Å²) in [6, 6.07) is 10.0. The van der Waals surface area contributed by atoms with Crippen molar-refractivity contribution in [3.05, 3.63) is 83.2 Å². The molecule has 31 heavy (non-hydrogen) atoms. The molecule has 1 fully saturated rings. The van der Waals surface area contributed by atoms with Crippen molar-refractivity contribution in [1.82, 2.24) is 29.8 Å². The van der Waals surface area contributed by atoms with Crippen LogP contribution in [0.3, 0.4) is 0 Å². The Bertz CT molecular complexity index is 1250. The molecule has 1 amide bonds. The lowest BCUT2D eigenvalue weighted by molar-refractivity contribution is 0.102. The number of aryl methyl sites for hydroxylation is 1. The average molecular weight is 413 g/mol. The third-order valence-electron chi connectivity index (χ3n) is 6.45. The molecule has 156 valence electrons. The summed E-state index contributed by atoms with van der Waals surface area (Å²) >= 11 is 0. The van der Waals surface area contributed by atoms with E-state index in [4.69, 9.17) is 0 Å². The van der Waals surface area contributed by atoms with Gasteiger partial charge in [-0.3, -0.25) is 19.3 Å². The van der Waals surface area contributed by atoms with Gasteiger partial charge in [-0.15, -0.1) is 0 Å². The monoisotopic (exact) mass is 413 g/mol. The predicted octanol–water partition coefficient (Wildman–Crippen LogP) is 2.96. The molecule has 0 saturated heterocycles. The third kappa shape index (κ3) is 3.24. The second kappa shape index (κ2) is 6.94. The highest BCUT2D eigenvalue weighted by Crippen LogP contribution is 2.48. The quantitative estimate of drug-likeness (QED) is 0.526. The van der Waals surface area contributed by atoms with Crippen molar-refractivity contribution in [3.8, 4) is 0 Å². The SMILES string of the molecule is Cn1cc(C(c2ccccc2)n2cc(NC(=O)c3n[nH]c4c3CC3CC3C4)cn2)cn1. The Kier molecular flexibility index (Phi) is 4.05. The lowest BCUT2D eigenvalue weighted by Crippen LogP contribution is -2.16. The van der Waals surface area contributed by atoms with Gasteiger partial charge in [0.05, 0.1) is 18.1 Å². The van der Waals surface area contributed by atoms with E-state index in [-0.39, 0.29) is 11.9 Å². The Morgan fingerprint density at radius 3 is 2.74 bits per heavy atom. The molecule has 1 saturated carbocycles. The molecule has 2 aliphatic rings. The van der Waals surface area contributed by atoms with E-state index in [0.717, 1.165) is 47.1 Å². The van der Waals surface area contributed by atoms with E-state index in [1.54, 1.807) is 10.9 Å². The van der Waals surface area contributed by atoms with Crippen molar-refractivity contribution in [2.24, 2.45) is 18.9 Å². The van der Waals surface area contributed by atoms with E-state index in [2.05, 4.69) is 37.8 Å². The second-order valence-corrected chi connectivity index (χ2v) is 8.62. The van der Waals surface area contributed by atoms with Crippen LogP contribution in [0, 0.1) is 11.8 Å². The van der Waals surface area contributed by atoms with Crippen molar-refractivity contribution in [2.75, 3.05) is 5.32 Å². The molecule has 8 heteroatoms. The minimum absolute atomic E-state index is 0.134. The van der Waals surface area contributed by atoms with Crippen molar-refractivity contribution >= 4 is 11.6 Å². The molecule has 1 aromatic carbocycles. The fourth-order valence-electron chi connectivity index (χ4n) is 4.76. The zero-order valence-corrected chi connectivity index (χ0v) is 17.2. The van der Waals surface area contributed by atoms with Gasteiger partial charge in [0.1, 0.15) is 6.04 Å². The number of carbonyl (C=O) groups excluding carboxylic acids is 1. The van der Waals surface area contributed by atoms with Crippen LogP contribution in [0.15, 0.2) is 55.1 Å². The molecule has 0 radical (unpaired) electrons. The summed E-state index contributed by atoms with van der Waals surface area (Å²) in [5.74, 6) is 1.32. The molecule has 3 unspecified atom stereocenters. The number of aromatic amines is 1. The first kappa shape index (κ1) is 18.1. The fraction of sp³-hybridized carbons (Fsp3) is 0.304. The summed E-state index contributed by atoms with van der Waals surface area (Å²) in [5.41, 5.74) is 5.49. The number of aromatic nitrogens is 6. The normalized spacial score (nSPS) is 20.0. The summed E-state index contributed by atoms with van der Waals surface area (Å²) in [4.78, 5) is 12.9. The van der Waals surface area contributed by atoms with E-state index in [9.17, 15) is 4.79 Å². The smallest absolute Gasteiger partial charge is 0.276 e. The van der Waals surface area contributed by atoms with Gasteiger partial charge in [0.2, 0.25) is 0 Å². The molecule has 3 heterocycles. The number of anilines is 1. The molecule has 0 spiro atoms. The van der Waals surface area contributed by atoms with Gasteiger partial charge < -0.3 is 5.32 Å². The topological polar surface area (TPSA) is 93.4 Å². The molecule has 8 nitrogen and oxygen atoms in total. The zero-order chi connectivity index (χ0) is 20.9. The van der Waals surface area contributed by atoms with Gasteiger partial charge in [-0.1, -0.05) is 30.3 Å². The molecule has 6 rings (SSSR count). The van der Waals surface area contributed by atoms with E-state index in [1.807, 2.05) is 48.5 Å². The summed E-state index contributed by atoms with van der Waals surface area (Å²) in [6.07, 6.45) is 10.6. The van der Waals surface area contributed by atoms with Crippen LogP contribution < -0.4 is 5.32 Å². The largest absolute Gasteiger partial charge is 0.318 e. The van der Waals surface area contributed by atoms with E-state index in [0.29, 0.717) is 11.4 Å². The molecule has 2 aliphatic carbocycles. The van der Waals surface area contributed by atoms with Crippen molar-refractivity contribution in [3.63, 3.8) is 0 Å². The minimum atomic E-state index is -0.186. The van der Waals surface area contributed by atoms with Gasteiger partial charge in [-0.2, -0.15) is 15.3 Å². The number of benzene rings is 1. The molecule has 0 bridgehead atoms. The van der Waals surface area contributed by atoms with Crippen LogP contribution in [0.4, 0.5) is 5.69 Å². The zero-order valence-electron chi connectivity index (χ0n) is 17.2. The van der Waals surface area contributed by atoms with Crippen LogP contribution in [-0.2, 0) is 19.9 Å². The molecule has 4 aromatic rings. The van der Waals surface area contributed by atoms with Crippen molar-refractivity contribution in [1.29, 1.82) is 0 Å². The van der Waals surface area contributed by atoms with E-state index in [1.165, 1.54) is 6.42 Å². The minimum Gasteiger partial charge on any atom is -0.318 e. The summed E-state index contributed by atoms with van der Waals surface area (Å²) in [5, 5.41) is 19.2. The number of H-pyrrole nitrogens is 1. The highest BCUT2D eigenvalue weighted by molar-refractivity contribution is 6.04. The Hall–Kier alpha value is -3.68. The number of rotatable bonds is 5. The van der Waals surface area contributed by atoms with Gasteiger partial charge >= 0.3 is 0 Å². The standard InChI is InChI=1S/C23H23N7O/c1-29-12-17(10-24-29)22(14-5-3-2-4-6-14)30-13-18(11-25-30)26-23(31)21-19-8-15-7-16(15)9-20(19)27-28-21/h2-6,10-13,15-16,22H,7-9H2,1H3,(H,26,31)(H,27,28). The second-order valence-electron chi connectivity index (χ2n) is 8.62. The van der Waals surface area contributed by atoms with Crippen LogP contribution in [0.1, 0.15) is 45.3 Å². The van der Waals surface area contributed by atoms with Gasteiger partial charge in [0, 0.05) is 36.3 Å². The highest BCUT2D eigenvalue weighted by atomic mass is 16.2. The van der Waals surface area contributed by atoms with Crippen LogP contribution >= 0.6 is 0 Å². The molecule has 3 atom stereocenters. The van der Waals surface area contributed by atoms with Gasteiger partial charge in [-0.25, -0.2) is 0 Å².